The molecule has 0 radical (unpaired) electrons. The van der Waals surface area contributed by atoms with Crippen LogP contribution in [-0.2, 0) is 0 Å². The van der Waals surface area contributed by atoms with Crippen molar-refractivity contribution >= 4 is 53.2 Å². The third-order valence-corrected chi connectivity index (χ3v) is 7.34. The van der Waals surface area contributed by atoms with Gasteiger partial charge < -0.3 is 0 Å². The van der Waals surface area contributed by atoms with Crippen molar-refractivity contribution < 1.29 is 0 Å². The second-order valence-electron chi connectivity index (χ2n) is 8.50. The molecule has 0 aliphatic carbocycles. The summed E-state index contributed by atoms with van der Waals surface area (Å²) in [6, 6.07) is 26.3. The van der Waals surface area contributed by atoms with Crippen molar-refractivity contribution in [3.05, 3.63) is 84.2 Å². The zero-order valence-electron chi connectivity index (χ0n) is 17.8. The number of hydrogen-bond donors (Lipinski definition) is 0. The highest BCUT2D eigenvalue weighted by atomic mass is 32.1. The van der Waals surface area contributed by atoms with Crippen LogP contribution in [0.25, 0.3) is 53.1 Å². The summed E-state index contributed by atoms with van der Waals surface area (Å²) in [6.07, 6.45) is 0. The number of aromatic nitrogens is 2. The first-order chi connectivity index (χ1) is 15.1. The first-order valence-corrected chi connectivity index (χ1v) is 11.5. The van der Waals surface area contributed by atoms with Gasteiger partial charge in [-0.2, -0.15) is 0 Å². The molecule has 0 N–H and O–H groups in total. The Labute approximate surface area is 185 Å². The van der Waals surface area contributed by atoms with Gasteiger partial charge in [0.25, 0.3) is 0 Å². The summed E-state index contributed by atoms with van der Waals surface area (Å²) >= 11 is 1.82. The maximum absolute atomic E-state index is 4.95. The first kappa shape index (κ1) is 18.5. The van der Waals surface area contributed by atoms with E-state index in [-0.39, 0.29) is 0 Å². The van der Waals surface area contributed by atoms with Crippen molar-refractivity contribution in [1.29, 1.82) is 0 Å². The molecule has 31 heavy (non-hydrogen) atoms. The highest BCUT2D eigenvalue weighted by molar-refractivity contribution is 7.27. The van der Waals surface area contributed by atoms with Crippen LogP contribution in [0.2, 0.25) is 0 Å². The van der Waals surface area contributed by atoms with Crippen molar-refractivity contribution in [2.45, 2.75) is 26.7 Å². The summed E-state index contributed by atoms with van der Waals surface area (Å²) < 4.78 is 2.46. The zero-order chi connectivity index (χ0) is 21.1. The molecule has 6 rings (SSSR count). The van der Waals surface area contributed by atoms with Gasteiger partial charge in [-0.05, 0) is 52.1 Å². The number of benzene rings is 4. The van der Waals surface area contributed by atoms with E-state index in [0.29, 0.717) is 5.92 Å². The number of hydrogen-bond acceptors (Lipinski definition) is 3. The van der Waals surface area contributed by atoms with E-state index < -0.39 is 0 Å². The number of aryl methyl sites for hydroxylation is 1. The average molecular weight is 419 g/mol. The van der Waals surface area contributed by atoms with Crippen LogP contribution in [0.1, 0.15) is 31.2 Å². The van der Waals surface area contributed by atoms with Crippen molar-refractivity contribution in [2.75, 3.05) is 0 Å². The fraction of sp³-hybridized carbons (Fsp3) is 0.143. The molecule has 0 bridgehead atoms. The van der Waals surface area contributed by atoms with Crippen LogP contribution in [-0.4, -0.2) is 9.97 Å². The number of rotatable bonds is 2. The molecule has 0 spiro atoms. The van der Waals surface area contributed by atoms with Gasteiger partial charge in [0.05, 0.1) is 15.9 Å². The molecule has 4 aromatic carbocycles. The zero-order valence-corrected chi connectivity index (χ0v) is 18.6. The molecule has 3 heteroatoms. The third-order valence-electron chi connectivity index (χ3n) is 6.11. The predicted molar refractivity (Wildman–Crippen MR) is 134 cm³/mol. The molecule has 150 valence electrons. The van der Waals surface area contributed by atoms with Gasteiger partial charge in [-0.3, -0.25) is 0 Å². The SMILES string of the molecule is Cc1nc(-c2cc(C(C)C)c3ccccc3c2)c2sc3c4ccccc4ccc3c2n1. The Hall–Kier alpha value is -3.30. The summed E-state index contributed by atoms with van der Waals surface area (Å²) in [5, 5.41) is 6.36. The molecule has 0 fully saturated rings. The summed E-state index contributed by atoms with van der Waals surface area (Å²) in [6.45, 7) is 6.52. The third kappa shape index (κ3) is 2.84. The van der Waals surface area contributed by atoms with Crippen LogP contribution in [0.4, 0.5) is 0 Å². The predicted octanol–water partition coefficient (Wildman–Crippen LogP) is 8.25. The van der Waals surface area contributed by atoms with Gasteiger partial charge in [-0.1, -0.05) is 74.5 Å². The molecular weight excluding hydrogens is 396 g/mol. The highest BCUT2D eigenvalue weighted by Crippen LogP contribution is 2.42. The maximum atomic E-state index is 4.95. The van der Waals surface area contributed by atoms with Crippen LogP contribution in [0.15, 0.2) is 72.8 Å². The van der Waals surface area contributed by atoms with Crippen molar-refractivity contribution in [1.82, 2.24) is 9.97 Å². The summed E-state index contributed by atoms with van der Waals surface area (Å²) in [5.41, 5.74) is 4.64. The molecule has 0 aliphatic rings. The Kier molecular flexibility index (Phi) is 4.09. The fourth-order valence-electron chi connectivity index (χ4n) is 4.63. The Balaban J connectivity index is 1.73. The van der Waals surface area contributed by atoms with Gasteiger partial charge in [-0.15, -0.1) is 11.3 Å². The van der Waals surface area contributed by atoms with Crippen molar-refractivity contribution in [3.8, 4) is 11.3 Å². The van der Waals surface area contributed by atoms with Crippen LogP contribution in [0.5, 0.6) is 0 Å². The molecular formula is C28H22N2S. The monoisotopic (exact) mass is 418 g/mol. The van der Waals surface area contributed by atoms with Crippen LogP contribution in [0.3, 0.4) is 0 Å². The van der Waals surface area contributed by atoms with Gasteiger partial charge >= 0.3 is 0 Å². The van der Waals surface area contributed by atoms with Crippen LogP contribution < -0.4 is 0 Å². The highest BCUT2D eigenvalue weighted by Gasteiger charge is 2.17. The van der Waals surface area contributed by atoms with E-state index in [4.69, 9.17) is 9.97 Å². The Morgan fingerprint density at radius 2 is 1.45 bits per heavy atom. The van der Waals surface area contributed by atoms with Gasteiger partial charge in [0.15, 0.2) is 0 Å². The molecule has 0 saturated carbocycles. The Bertz CT molecular complexity index is 1630. The molecule has 0 saturated heterocycles. The van der Waals surface area contributed by atoms with Crippen molar-refractivity contribution in [3.63, 3.8) is 0 Å². The molecule has 2 nitrogen and oxygen atoms in total. The van der Waals surface area contributed by atoms with Gasteiger partial charge in [0.1, 0.15) is 5.82 Å². The van der Waals surface area contributed by atoms with Gasteiger partial charge in [0, 0.05) is 15.6 Å². The number of fused-ring (bicyclic) bond motifs is 6. The molecule has 0 atom stereocenters. The Morgan fingerprint density at radius 1 is 0.710 bits per heavy atom. The average Bonchev–Trinajstić information content (AvgIpc) is 3.16. The normalized spacial score (nSPS) is 12.0. The molecule has 2 aromatic heterocycles. The lowest BCUT2D eigenvalue weighted by Gasteiger charge is -2.13. The second-order valence-corrected chi connectivity index (χ2v) is 9.52. The van der Waals surface area contributed by atoms with Gasteiger partial charge in [-0.25, -0.2) is 9.97 Å². The lowest BCUT2D eigenvalue weighted by molar-refractivity contribution is 0.876. The fourth-order valence-corrected chi connectivity index (χ4v) is 5.92. The first-order valence-electron chi connectivity index (χ1n) is 10.7. The molecule has 0 aliphatic heterocycles. The number of thiophene rings is 1. The minimum Gasteiger partial charge on any atom is -0.232 e. The quantitative estimate of drug-likeness (QED) is 0.283. The minimum absolute atomic E-state index is 0.439. The van der Waals surface area contributed by atoms with Crippen LogP contribution >= 0.6 is 11.3 Å². The molecule has 2 heterocycles. The van der Waals surface area contributed by atoms with Crippen LogP contribution in [0, 0.1) is 6.92 Å². The molecule has 0 unspecified atom stereocenters. The number of nitrogens with zero attached hydrogens (tertiary/aromatic N) is 2. The second kappa shape index (κ2) is 6.86. The van der Waals surface area contributed by atoms with E-state index in [1.54, 1.807) is 0 Å². The van der Waals surface area contributed by atoms with E-state index in [9.17, 15) is 0 Å². The van der Waals surface area contributed by atoms with Gasteiger partial charge in [0.2, 0.25) is 0 Å². The minimum atomic E-state index is 0.439. The Morgan fingerprint density at radius 3 is 2.26 bits per heavy atom. The largest absolute Gasteiger partial charge is 0.232 e. The smallest absolute Gasteiger partial charge is 0.126 e. The molecule has 6 aromatic rings. The van der Waals surface area contributed by atoms with E-state index in [1.165, 1.54) is 47.5 Å². The molecule has 0 amide bonds. The topological polar surface area (TPSA) is 25.8 Å². The lowest BCUT2D eigenvalue weighted by atomic mass is 9.92. The van der Waals surface area contributed by atoms with E-state index in [0.717, 1.165) is 17.0 Å². The van der Waals surface area contributed by atoms with Crippen molar-refractivity contribution in [2.24, 2.45) is 0 Å². The van der Waals surface area contributed by atoms with E-state index in [2.05, 4.69) is 86.6 Å². The van der Waals surface area contributed by atoms with E-state index in [1.807, 2.05) is 18.3 Å². The summed E-state index contributed by atoms with van der Waals surface area (Å²) in [7, 11) is 0. The standard InChI is InChI=1S/C28H22N2S/c1-16(2)24-15-20(14-19-9-5-6-10-21(19)24)25-28-26(30-17(3)29-25)23-13-12-18-8-4-7-11-22(18)27(23)31-28/h4-16H,1-3H3. The lowest BCUT2D eigenvalue weighted by Crippen LogP contribution is -1.95. The summed E-state index contributed by atoms with van der Waals surface area (Å²) in [4.78, 5) is 9.83. The maximum Gasteiger partial charge on any atom is 0.126 e. The summed E-state index contributed by atoms with van der Waals surface area (Å²) in [5.74, 6) is 1.25. The van der Waals surface area contributed by atoms with E-state index >= 15 is 0 Å².